The van der Waals surface area contributed by atoms with Gasteiger partial charge >= 0.3 is 0 Å². The second kappa shape index (κ2) is 6.87. The van der Waals surface area contributed by atoms with Crippen molar-refractivity contribution in [2.24, 2.45) is 5.92 Å². The van der Waals surface area contributed by atoms with Gasteiger partial charge in [-0.1, -0.05) is 24.9 Å². The molecule has 1 rings (SSSR count). The van der Waals surface area contributed by atoms with E-state index in [2.05, 4.69) is 19.2 Å². The molecule has 0 saturated carbocycles. The fourth-order valence-corrected chi connectivity index (χ4v) is 2.29. The average Bonchev–Trinajstić information content (AvgIpc) is 2.35. The number of methoxy groups -OCH3 is 1. The van der Waals surface area contributed by atoms with Gasteiger partial charge in [0.25, 0.3) is 0 Å². The number of benzene rings is 1. The third-order valence-electron chi connectivity index (χ3n) is 3.41. The largest absolute Gasteiger partial charge is 0.496 e. The molecule has 0 aliphatic carbocycles. The van der Waals surface area contributed by atoms with Crippen LogP contribution in [0.25, 0.3) is 0 Å². The summed E-state index contributed by atoms with van der Waals surface area (Å²) in [5, 5.41) is 4.09. The molecule has 0 amide bonds. The Bertz CT molecular complexity index is 354. The topological polar surface area (TPSA) is 21.3 Å². The first-order chi connectivity index (χ1) is 8.12. The monoisotopic (exact) mass is 255 g/mol. The van der Waals surface area contributed by atoms with Crippen molar-refractivity contribution in [1.82, 2.24) is 5.32 Å². The Hall–Kier alpha value is -0.730. The third-order valence-corrected chi connectivity index (χ3v) is 3.65. The molecule has 0 aromatic heterocycles. The molecule has 0 spiro atoms. The van der Waals surface area contributed by atoms with E-state index in [1.165, 1.54) is 5.56 Å². The van der Waals surface area contributed by atoms with E-state index in [4.69, 9.17) is 16.3 Å². The number of hydrogen-bond acceptors (Lipinski definition) is 2. The quantitative estimate of drug-likeness (QED) is 0.840. The van der Waals surface area contributed by atoms with Crippen molar-refractivity contribution in [3.63, 3.8) is 0 Å². The van der Waals surface area contributed by atoms with Crippen molar-refractivity contribution in [2.75, 3.05) is 14.2 Å². The fourth-order valence-electron chi connectivity index (χ4n) is 2.10. The van der Waals surface area contributed by atoms with Gasteiger partial charge in [-0.2, -0.15) is 0 Å². The van der Waals surface area contributed by atoms with Crippen LogP contribution in [0.5, 0.6) is 5.75 Å². The normalized spacial score (nSPS) is 14.4. The predicted molar refractivity (Wildman–Crippen MR) is 74.0 cm³/mol. The van der Waals surface area contributed by atoms with Gasteiger partial charge in [0.1, 0.15) is 5.75 Å². The average molecular weight is 256 g/mol. The summed E-state index contributed by atoms with van der Waals surface area (Å²) in [4.78, 5) is 0. The standard InChI is InChI=1S/C14H22ClNO/c1-5-11(10(2)16-3)8-12-9-13(15)6-7-14(12)17-4/h6-7,9-11,16H,5,8H2,1-4H3. The highest BCUT2D eigenvalue weighted by molar-refractivity contribution is 6.30. The van der Waals surface area contributed by atoms with Gasteiger partial charge < -0.3 is 10.1 Å². The lowest BCUT2D eigenvalue weighted by Gasteiger charge is -2.23. The van der Waals surface area contributed by atoms with E-state index in [-0.39, 0.29) is 0 Å². The molecular formula is C14H22ClNO. The van der Waals surface area contributed by atoms with Crippen LogP contribution in [0, 0.1) is 5.92 Å². The van der Waals surface area contributed by atoms with E-state index < -0.39 is 0 Å². The van der Waals surface area contributed by atoms with Gasteiger partial charge in [-0.3, -0.25) is 0 Å². The fraction of sp³-hybridized carbons (Fsp3) is 0.571. The number of halogens is 1. The Morgan fingerprint density at radius 3 is 2.65 bits per heavy atom. The Kier molecular flexibility index (Phi) is 5.79. The lowest BCUT2D eigenvalue weighted by Crippen LogP contribution is -2.31. The maximum absolute atomic E-state index is 6.04. The molecule has 0 fully saturated rings. The Morgan fingerprint density at radius 1 is 1.41 bits per heavy atom. The van der Waals surface area contributed by atoms with Gasteiger partial charge in [0.05, 0.1) is 7.11 Å². The van der Waals surface area contributed by atoms with Crippen LogP contribution in [0.15, 0.2) is 18.2 Å². The predicted octanol–water partition coefficient (Wildman–Crippen LogP) is 3.53. The first-order valence-electron chi connectivity index (χ1n) is 6.12. The van der Waals surface area contributed by atoms with E-state index in [0.29, 0.717) is 12.0 Å². The molecule has 1 N–H and O–H groups in total. The lowest BCUT2D eigenvalue weighted by molar-refractivity contribution is 0.367. The number of rotatable bonds is 6. The molecule has 0 radical (unpaired) electrons. The zero-order chi connectivity index (χ0) is 12.8. The van der Waals surface area contributed by atoms with Crippen LogP contribution in [-0.4, -0.2) is 20.2 Å². The summed E-state index contributed by atoms with van der Waals surface area (Å²) in [5.74, 6) is 1.52. The molecule has 0 aliphatic heterocycles. The summed E-state index contributed by atoms with van der Waals surface area (Å²) < 4.78 is 5.38. The van der Waals surface area contributed by atoms with Crippen molar-refractivity contribution in [2.45, 2.75) is 32.7 Å². The van der Waals surface area contributed by atoms with Crippen LogP contribution in [-0.2, 0) is 6.42 Å². The van der Waals surface area contributed by atoms with Gasteiger partial charge in [0, 0.05) is 11.1 Å². The highest BCUT2D eigenvalue weighted by atomic mass is 35.5. The first kappa shape index (κ1) is 14.3. The van der Waals surface area contributed by atoms with E-state index >= 15 is 0 Å². The van der Waals surface area contributed by atoms with Gasteiger partial charge in [-0.15, -0.1) is 0 Å². The SMILES string of the molecule is CCC(Cc1cc(Cl)ccc1OC)C(C)NC. The summed E-state index contributed by atoms with van der Waals surface area (Å²) in [6, 6.07) is 6.30. The summed E-state index contributed by atoms with van der Waals surface area (Å²) in [6.45, 7) is 4.43. The van der Waals surface area contributed by atoms with Crippen molar-refractivity contribution in [3.05, 3.63) is 28.8 Å². The van der Waals surface area contributed by atoms with Crippen molar-refractivity contribution in [3.8, 4) is 5.75 Å². The molecule has 2 atom stereocenters. The Labute approximate surface area is 109 Å². The number of hydrogen-bond donors (Lipinski definition) is 1. The van der Waals surface area contributed by atoms with Crippen molar-refractivity contribution < 1.29 is 4.74 Å². The van der Waals surface area contributed by atoms with Crippen molar-refractivity contribution in [1.29, 1.82) is 0 Å². The summed E-state index contributed by atoms with van der Waals surface area (Å²) in [5.41, 5.74) is 1.19. The molecule has 1 aromatic carbocycles. The van der Waals surface area contributed by atoms with Crippen LogP contribution >= 0.6 is 11.6 Å². The Balaban J connectivity index is 2.88. The second-order valence-electron chi connectivity index (χ2n) is 4.41. The van der Waals surface area contributed by atoms with Gasteiger partial charge in [0.2, 0.25) is 0 Å². The maximum atomic E-state index is 6.04. The zero-order valence-electron chi connectivity index (χ0n) is 11.1. The van der Waals surface area contributed by atoms with Crippen LogP contribution < -0.4 is 10.1 Å². The minimum atomic E-state index is 0.490. The Morgan fingerprint density at radius 2 is 2.12 bits per heavy atom. The summed E-state index contributed by atoms with van der Waals surface area (Å²) >= 11 is 6.04. The molecule has 0 bridgehead atoms. The minimum Gasteiger partial charge on any atom is -0.496 e. The van der Waals surface area contributed by atoms with Crippen LogP contribution in [0.3, 0.4) is 0 Å². The highest BCUT2D eigenvalue weighted by Crippen LogP contribution is 2.27. The lowest BCUT2D eigenvalue weighted by atomic mass is 9.90. The smallest absolute Gasteiger partial charge is 0.122 e. The summed E-state index contributed by atoms with van der Waals surface area (Å²) in [7, 11) is 3.71. The van der Waals surface area contributed by atoms with E-state index in [1.54, 1.807) is 7.11 Å². The molecule has 0 aliphatic rings. The molecule has 0 saturated heterocycles. The van der Waals surface area contributed by atoms with Gasteiger partial charge in [0.15, 0.2) is 0 Å². The molecule has 1 aromatic rings. The first-order valence-corrected chi connectivity index (χ1v) is 6.49. The molecule has 2 nitrogen and oxygen atoms in total. The van der Waals surface area contributed by atoms with Crippen LogP contribution in [0.4, 0.5) is 0 Å². The number of nitrogens with one attached hydrogen (secondary N) is 1. The zero-order valence-corrected chi connectivity index (χ0v) is 11.8. The maximum Gasteiger partial charge on any atom is 0.122 e. The van der Waals surface area contributed by atoms with Crippen LogP contribution in [0.2, 0.25) is 5.02 Å². The highest BCUT2D eigenvalue weighted by Gasteiger charge is 2.16. The number of ether oxygens (including phenoxy) is 1. The van der Waals surface area contributed by atoms with Crippen molar-refractivity contribution >= 4 is 11.6 Å². The second-order valence-corrected chi connectivity index (χ2v) is 4.84. The van der Waals surface area contributed by atoms with E-state index in [0.717, 1.165) is 23.6 Å². The molecule has 2 unspecified atom stereocenters. The van der Waals surface area contributed by atoms with Gasteiger partial charge in [-0.25, -0.2) is 0 Å². The third kappa shape index (κ3) is 3.90. The minimum absolute atomic E-state index is 0.490. The molecule has 17 heavy (non-hydrogen) atoms. The molecule has 96 valence electrons. The van der Waals surface area contributed by atoms with Crippen LogP contribution in [0.1, 0.15) is 25.8 Å². The van der Waals surface area contributed by atoms with E-state index in [1.807, 2.05) is 25.2 Å². The summed E-state index contributed by atoms with van der Waals surface area (Å²) in [6.07, 6.45) is 2.12. The molecule has 0 heterocycles. The van der Waals surface area contributed by atoms with E-state index in [9.17, 15) is 0 Å². The molecule has 3 heteroatoms. The van der Waals surface area contributed by atoms with Gasteiger partial charge in [-0.05, 0) is 50.1 Å². The molecular weight excluding hydrogens is 234 g/mol.